The van der Waals surface area contributed by atoms with Gasteiger partial charge in [-0.1, -0.05) is 47.5 Å². The lowest BCUT2D eigenvalue weighted by molar-refractivity contribution is 0.297. The zero-order valence-electron chi connectivity index (χ0n) is 17.9. The van der Waals surface area contributed by atoms with Crippen LogP contribution in [-0.2, 0) is 16.6 Å². The molecule has 0 bridgehead atoms. The molecule has 1 aromatic heterocycles. The van der Waals surface area contributed by atoms with Crippen molar-refractivity contribution in [3.05, 3.63) is 63.3 Å². The summed E-state index contributed by atoms with van der Waals surface area (Å²) < 4.78 is 48.2. The Balaban J connectivity index is 1.84. The second-order valence-electron chi connectivity index (χ2n) is 7.00. The van der Waals surface area contributed by atoms with Crippen LogP contribution in [-0.4, -0.2) is 40.1 Å². The first-order valence-electron chi connectivity index (χ1n) is 9.96. The largest absolute Gasteiger partial charge is 0.487 e. The predicted molar refractivity (Wildman–Crippen MR) is 132 cm³/mol. The molecule has 178 valence electrons. The maximum Gasteiger partial charge on any atom is 0.267 e. The van der Waals surface area contributed by atoms with Crippen LogP contribution >= 0.6 is 34.5 Å². The molecular weight excluding hydrogens is 510 g/mol. The zero-order chi connectivity index (χ0) is 24.0. The number of sulfonamides is 1. The number of benzene rings is 2. The molecule has 0 fully saturated rings. The molecule has 7 nitrogen and oxygen atoms in total. The number of ether oxygens (including phenoxy) is 1. The first kappa shape index (κ1) is 25.5. The van der Waals surface area contributed by atoms with Gasteiger partial charge in [0.2, 0.25) is 0 Å². The van der Waals surface area contributed by atoms with Crippen molar-refractivity contribution in [1.29, 1.82) is 0 Å². The lowest BCUT2D eigenvalue weighted by atomic mass is 10.1. The summed E-state index contributed by atoms with van der Waals surface area (Å²) in [5.74, 6) is -0.710. The smallest absolute Gasteiger partial charge is 0.267 e. The highest BCUT2D eigenvalue weighted by Crippen LogP contribution is 2.31. The van der Waals surface area contributed by atoms with E-state index in [9.17, 15) is 12.8 Å². The van der Waals surface area contributed by atoms with E-state index >= 15 is 0 Å². The van der Waals surface area contributed by atoms with Crippen molar-refractivity contribution in [3.8, 4) is 5.75 Å². The van der Waals surface area contributed by atoms with Gasteiger partial charge in [0.05, 0.1) is 6.20 Å². The van der Waals surface area contributed by atoms with Crippen molar-refractivity contribution in [2.24, 2.45) is 0 Å². The van der Waals surface area contributed by atoms with E-state index in [0.29, 0.717) is 9.36 Å². The number of aromatic nitrogens is 1. The summed E-state index contributed by atoms with van der Waals surface area (Å²) >= 11 is 13.0. The van der Waals surface area contributed by atoms with Crippen molar-refractivity contribution >= 4 is 55.4 Å². The summed E-state index contributed by atoms with van der Waals surface area (Å²) in [7, 11) is -2.24. The summed E-state index contributed by atoms with van der Waals surface area (Å²) in [4.78, 5) is 5.57. The zero-order valence-corrected chi connectivity index (χ0v) is 21.1. The van der Waals surface area contributed by atoms with Crippen LogP contribution in [0.3, 0.4) is 0 Å². The number of nitrogens with one attached hydrogen (secondary N) is 2. The van der Waals surface area contributed by atoms with Gasteiger partial charge >= 0.3 is 0 Å². The van der Waals surface area contributed by atoms with E-state index in [1.165, 1.54) is 12.3 Å². The Kier molecular flexibility index (Phi) is 8.77. The summed E-state index contributed by atoms with van der Waals surface area (Å²) in [6, 6.07) is 8.69. The van der Waals surface area contributed by atoms with Crippen molar-refractivity contribution in [3.63, 3.8) is 0 Å². The number of thiazole rings is 1. The third kappa shape index (κ3) is 6.94. The quantitative estimate of drug-likeness (QED) is 0.337. The molecule has 0 unspecified atom stereocenters. The highest BCUT2D eigenvalue weighted by atomic mass is 35.5. The SMILES string of the molecule is CCNCCN(C)c1cc(Cl)ccc1COc1ccc(F)cc1S(=O)(=O)Nc1ncc(Cl)s1. The Morgan fingerprint density at radius 3 is 2.70 bits per heavy atom. The summed E-state index contributed by atoms with van der Waals surface area (Å²) in [5.41, 5.74) is 1.65. The van der Waals surface area contributed by atoms with Crippen molar-refractivity contribution in [2.45, 2.75) is 18.4 Å². The third-order valence-corrected chi connectivity index (χ3v) is 7.36. The minimum absolute atomic E-state index is 0.00255. The molecule has 0 saturated carbocycles. The molecule has 0 aliphatic carbocycles. The van der Waals surface area contributed by atoms with Gasteiger partial charge in [0.15, 0.2) is 5.13 Å². The summed E-state index contributed by atoms with van der Waals surface area (Å²) in [5, 5.41) is 3.90. The van der Waals surface area contributed by atoms with E-state index in [0.717, 1.165) is 54.4 Å². The molecule has 3 aromatic rings. The van der Waals surface area contributed by atoms with E-state index in [1.807, 2.05) is 31.0 Å². The van der Waals surface area contributed by atoms with Gasteiger partial charge in [0.25, 0.3) is 10.0 Å². The number of anilines is 2. The fourth-order valence-corrected chi connectivity index (χ4v) is 5.37. The summed E-state index contributed by atoms with van der Waals surface area (Å²) in [6.45, 7) is 4.47. The van der Waals surface area contributed by atoms with Gasteiger partial charge in [0.1, 0.15) is 27.4 Å². The number of halogens is 3. The van der Waals surface area contributed by atoms with Crippen LogP contribution in [0.15, 0.2) is 47.5 Å². The molecule has 2 aromatic carbocycles. The molecule has 0 atom stereocenters. The van der Waals surface area contributed by atoms with Gasteiger partial charge in [-0.3, -0.25) is 4.72 Å². The molecule has 0 aliphatic rings. The fraction of sp³-hybridized carbons (Fsp3) is 0.286. The second-order valence-corrected chi connectivity index (χ2v) is 10.8. The van der Waals surface area contributed by atoms with Crippen molar-refractivity contribution < 1.29 is 17.5 Å². The average Bonchev–Trinajstić information content (AvgIpc) is 3.17. The standard InChI is InChI=1S/C21H23Cl2FN4O3S2/c1-3-25-8-9-28(2)17-10-15(22)5-4-14(17)13-31-18-7-6-16(24)11-19(18)33(29,30)27-21-26-12-20(23)32-21/h4-7,10-12,25H,3,8-9,13H2,1-2H3,(H,26,27). The molecule has 0 aliphatic heterocycles. The number of hydrogen-bond acceptors (Lipinski definition) is 7. The Labute approximate surface area is 206 Å². The Morgan fingerprint density at radius 1 is 1.21 bits per heavy atom. The van der Waals surface area contributed by atoms with Crippen LogP contribution < -0.4 is 19.7 Å². The maximum absolute atomic E-state index is 13.9. The molecule has 0 saturated heterocycles. The van der Waals surface area contributed by atoms with Crippen LogP contribution in [0.5, 0.6) is 5.75 Å². The van der Waals surface area contributed by atoms with Crippen LogP contribution in [0.25, 0.3) is 0 Å². The first-order valence-corrected chi connectivity index (χ1v) is 13.0. The number of hydrogen-bond donors (Lipinski definition) is 2. The molecule has 12 heteroatoms. The highest BCUT2D eigenvalue weighted by molar-refractivity contribution is 7.93. The summed E-state index contributed by atoms with van der Waals surface area (Å²) in [6.07, 6.45) is 1.32. The first-order chi connectivity index (χ1) is 15.7. The Hall–Kier alpha value is -2.11. The van der Waals surface area contributed by atoms with Gasteiger partial charge in [-0.05, 0) is 36.9 Å². The van der Waals surface area contributed by atoms with Gasteiger partial charge < -0.3 is 15.0 Å². The minimum Gasteiger partial charge on any atom is -0.487 e. The van der Waals surface area contributed by atoms with Crippen LogP contribution in [0.2, 0.25) is 9.36 Å². The lowest BCUT2D eigenvalue weighted by Crippen LogP contribution is -2.29. The topological polar surface area (TPSA) is 83.6 Å². The predicted octanol–water partition coefficient (Wildman–Crippen LogP) is 5.01. The molecule has 2 N–H and O–H groups in total. The molecular formula is C21H23Cl2FN4O3S2. The van der Waals surface area contributed by atoms with E-state index in [2.05, 4.69) is 15.0 Å². The van der Waals surface area contributed by atoms with Crippen molar-refractivity contribution in [2.75, 3.05) is 36.3 Å². The van der Waals surface area contributed by atoms with Crippen LogP contribution in [0.1, 0.15) is 12.5 Å². The molecule has 0 amide bonds. The van der Waals surface area contributed by atoms with E-state index in [1.54, 1.807) is 6.07 Å². The van der Waals surface area contributed by atoms with Gasteiger partial charge in [-0.15, -0.1) is 0 Å². The molecule has 1 heterocycles. The van der Waals surface area contributed by atoms with E-state index < -0.39 is 15.8 Å². The van der Waals surface area contributed by atoms with Gasteiger partial charge in [-0.25, -0.2) is 17.8 Å². The molecule has 3 rings (SSSR count). The minimum atomic E-state index is -4.17. The Bertz CT molecular complexity index is 1210. The number of likely N-dealkylation sites (N-methyl/N-ethyl adjacent to an activating group) is 2. The molecule has 0 spiro atoms. The van der Waals surface area contributed by atoms with E-state index in [4.69, 9.17) is 27.9 Å². The van der Waals surface area contributed by atoms with Gasteiger partial charge in [-0.2, -0.15) is 0 Å². The normalized spacial score (nSPS) is 11.4. The molecule has 0 radical (unpaired) electrons. The lowest BCUT2D eigenvalue weighted by Gasteiger charge is -2.23. The number of rotatable bonds is 11. The third-order valence-electron chi connectivity index (χ3n) is 4.61. The van der Waals surface area contributed by atoms with Crippen molar-refractivity contribution in [1.82, 2.24) is 10.3 Å². The Morgan fingerprint density at radius 2 is 2.00 bits per heavy atom. The van der Waals surface area contributed by atoms with Crippen LogP contribution in [0, 0.1) is 5.82 Å². The van der Waals surface area contributed by atoms with E-state index in [-0.39, 0.29) is 22.4 Å². The van der Waals surface area contributed by atoms with Gasteiger partial charge in [0, 0.05) is 36.4 Å². The highest BCUT2D eigenvalue weighted by Gasteiger charge is 2.23. The fourth-order valence-electron chi connectivity index (χ4n) is 3.00. The van der Waals surface area contributed by atoms with Crippen LogP contribution in [0.4, 0.5) is 15.2 Å². The average molecular weight is 533 g/mol. The second kappa shape index (κ2) is 11.3. The number of nitrogens with zero attached hydrogens (tertiary/aromatic N) is 2. The molecule has 33 heavy (non-hydrogen) atoms. The monoisotopic (exact) mass is 532 g/mol. The maximum atomic E-state index is 13.9.